The molecule has 2 aromatic carbocycles. The van der Waals surface area contributed by atoms with Crippen molar-refractivity contribution in [1.29, 1.82) is 0 Å². The van der Waals surface area contributed by atoms with Gasteiger partial charge in [0.1, 0.15) is 12.4 Å². The Bertz CT molecular complexity index is 656. The second-order valence-corrected chi connectivity index (χ2v) is 5.46. The second kappa shape index (κ2) is 8.31. The van der Waals surface area contributed by atoms with E-state index < -0.39 is 0 Å². The molecule has 0 fully saturated rings. The number of likely N-dealkylation sites (N-methyl/N-ethyl adjacent to an activating group) is 1. The first-order chi connectivity index (χ1) is 11.1. The van der Waals surface area contributed by atoms with Crippen LogP contribution < -0.4 is 10.1 Å². The highest BCUT2D eigenvalue weighted by atomic mass is 16.5. The predicted molar refractivity (Wildman–Crippen MR) is 90.8 cm³/mol. The van der Waals surface area contributed by atoms with Crippen LogP contribution in [0.15, 0.2) is 48.5 Å². The van der Waals surface area contributed by atoms with Crippen LogP contribution in [-0.2, 0) is 6.61 Å². The van der Waals surface area contributed by atoms with Gasteiger partial charge in [-0.3, -0.25) is 4.79 Å². The Hall–Kier alpha value is -2.37. The molecule has 5 nitrogen and oxygen atoms in total. The summed E-state index contributed by atoms with van der Waals surface area (Å²) in [6.07, 6.45) is 0. The van der Waals surface area contributed by atoms with Crippen molar-refractivity contribution in [3.63, 3.8) is 0 Å². The summed E-state index contributed by atoms with van der Waals surface area (Å²) in [4.78, 5) is 14.5. The molecule has 23 heavy (non-hydrogen) atoms. The molecule has 0 aliphatic rings. The van der Waals surface area contributed by atoms with Crippen LogP contribution in [-0.4, -0.2) is 43.2 Å². The van der Waals surface area contributed by atoms with Crippen LogP contribution in [0.4, 0.5) is 5.69 Å². The number of anilines is 1. The van der Waals surface area contributed by atoms with Crippen molar-refractivity contribution in [2.24, 2.45) is 0 Å². The van der Waals surface area contributed by atoms with E-state index in [1.807, 2.05) is 25.1 Å². The van der Waals surface area contributed by atoms with Gasteiger partial charge in [0.25, 0.3) is 5.91 Å². The Morgan fingerprint density at radius 3 is 2.70 bits per heavy atom. The molecule has 2 rings (SSSR count). The van der Waals surface area contributed by atoms with E-state index in [0.717, 1.165) is 12.1 Å². The number of ether oxygens (including phenoxy) is 1. The fourth-order valence-electron chi connectivity index (χ4n) is 2.06. The van der Waals surface area contributed by atoms with E-state index in [4.69, 9.17) is 9.84 Å². The number of para-hydroxylation sites is 1. The molecule has 2 N–H and O–H groups in total. The maximum atomic E-state index is 12.5. The molecule has 2 aromatic rings. The molecule has 1 amide bonds. The van der Waals surface area contributed by atoms with E-state index in [0.29, 0.717) is 23.6 Å². The number of aliphatic hydroxyl groups is 1. The van der Waals surface area contributed by atoms with Gasteiger partial charge in [-0.05, 0) is 43.9 Å². The Labute approximate surface area is 136 Å². The maximum absolute atomic E-state index is 12.5. The number of carbonyl (C=O) groups excluding carboxylic acids is 1. The number of nitrogens with one attached hydrogen (secondary N) is 1. The summed E-state index contributed by atoms with van der Waals surface area (Å²) in [7, 11) is 3.94. The van der Waals surface area contributed by atoms with E-state index in [2.05, 4.69) is 5.32 Å². The summed E-state index contributed by atoms with van der Waals surface area (Å²) in [6, 6.07) is 14.3. The fourth-order valence-corrected chi connectivity index (χ4v) is 2.06. The van der Waals surface area contributed by atoms with Crippen LogP contribution >= 0.6 is 0 Å². The van der Waals surface area contributed by atoms with Crippen LogP contribution in [0.2, 0.25) is 0 Å². The highest BCUT2D eigenvalue weighted by Crippen LogP contribution is 2.20. The highest BCUT2D eigenvalue weighted by Gasteiger charge is 2.12. The molecule has 0 saturated carbocycles. The zero-order chi connectivity index (χ0) is 16.7. The van der Waals surface area contributed by atoms with E-state index in [9.17, 15) is 4.79 Å². The van der Waals surface area contributed by atoms with Crippen molar-refractivity contribution < 1.29 is 14.6 Å². The van der Waals surface area contributed by atoms with Crippen LogP contribution in [0.25, 0.3) is 0 Å². The van der Waals surface area contributed by atoms with Crippen LogP contribution in [0.3, 0.4) is 0 Å². The highest BCUT2D eigenvalue weighted by molar-refractivity contribution is 6.06. The van der Waals surface area contributed by atoms with Crippen LogP contribution in [0, 0.1) is 0 Å². The number of carbonyl (C=O) groups is 1. The van der Waals surface area contributed by atoms with Gasteiger partial charge in [0.15, 0.2) is 0 Å². The number of benzene rings is 2. The van der Waals surface area contributed by atoms with Gasteiger partial charge < -0.3 is 20.1 Å². The van der Waals surface area contributed by atoms with Crippen molar-refractivity contribution in [1.82, 2.24) is 4.90 Å². The number of rotatable bonds is 7. The number of nitrogens with zero attached hydrogens (tertiary/aromatic N) is 1. The lowest BCUT2D eigenvalue weighted by molar-refractivity contribution is 0.102. The largest absolute Gasteiger partial charge is 0.491 e. The molecule has 0 unspecified atom stereocenters. The average Bonchev–Trinajstić information content (AvgIpc) is 2.55. The summed E-state index contributed by atoms with van der Waals surface area (Å²) in [5.41, 5.74) is 1.88. The van der Waals surface area contributed by atoms with Crippen LogP contribution in [0.1, 0.15) is 15.9 Å². The molecule has 0 aliphatic carbocycles. The summed E-state index contributed by atoms with van der Waals surface area (Å²) < 4.78 is 5.71. The molecule has 0 atom stereocenters. The Morgan fingerprint density at radius 2 is 1.96 bits per heavy atom. The molecule has 0 bridgehead atoms. The summed E-state index contributed by atoms with van der Waals surface area (Å²) in [5, 5.41) is 12.0. The Morgan fingerprint density at radius 1 is 1.17 bits per heavy atom. The van der Waals surface area contributed by atoms with Crippen molar-refractivity contribution >= 4 is 11.6 Å². The number of amides is 1. The molecular formula is C18H22N2O3. The number of aliphatic hydroxyl groups excluding tert-OH is 1. The third-order valence-electron chi connectivity index (χ3n) is 3.30. The minimum atomic E-state index is -0.236. The molecule has 0 aliphatic heterocycles. The van der Waals surface area contributed by atoms with Gasteiger partial charge in [-0.1, -0.05) is 24.3 Å². The van der Waals surface area contributed by atoms with Crippen molar-refractivity contribution in [3.8, 4) is 5.75 Å². The summed E-state index contributed by atoms with van der Waals surface area (Å²) in [5.74, 6) is 0.325. The third kappa shape index (κ3) is 5.09. The van der Waals surface area contributed by atoms with Crippen molar-refractivity contribution in [3.05, 3.63) is 59.7 Å². The zero-order valence-electron chi connectivity index (χ0n) is 13.5. The summed E-state index contributed by atoms with van der Waals surface area (Å²) >= 11 is 0. The molecule has 5 heteroatoms. The van der Waals surface area contributed by atoms with Gasteiger partial charge >= 0.3 is 0 Å². The zero-order valence-corrected chi connectivity index (χ0v) is 13.5. The van der Waals surface area contributed by atoms with E-state index in [-0.39, 0.29) is 12.5 Å². The first-order valence-electron chi connectivity index (χ1n) is 7.48. The molecule has 0 spiro atoms. The smallest absolute Gasteiger partial charge is 0.259 e. The second-order valence-electron chi connectivity index (χ2n) is 5.46. The number of hydrogen-bond acceptors (Lipinski definition) is 4. The van der Waals surface area contributed by atoms with Crippen LogP contribution in [0.5, 0.6) is 5.75 Å². The first-order valence-corrected chi connectivity index (χ1v) is 7.48. The first kappa shape index (κ1) is 17.0. The van der Waals surface area contributed by atoms with E-state index >= 15 is 0 Å². The minimum absolute atomic E-state index is 0.0616. The maximum Gasteiger partial charge on any atom is 0.259 e. The van der Waals surface area contributed by atoms with Gasteiger partial charge in [0, 0.05) is 12.2 Å². The Kier molecular flexibility index (Phi) is 6.14. The average molecular weight is 314 g/mol. The SMILES string of the molecule is CN(C)CCOc1ccccc1C(=O)Nc1cccc(CO)c1. The molecular weight excluding hydrogens is 292 g/mol. The normalized spacial score (nSPS) is 10.6. The fraction of sp³-hybridized carbons (Fsp3) is 0.278. The monoisotopic (exact) mass is 314 g/mol. The molecule has 0 heterocycles. The quantitative estimate of drug-likeness (QED) is 0.824. The standard InChI is InChI=1S/C18H22N2O3/c1-20(2)10-11-23-17-9-4-3-8-16(17)18(22)19-15-7-5-6-14(12-15)13-21/h3-9,12,21H,10-11,13H2,1-2H3,(H,19,22). The Balaban J connectivity index is 2.09. The lowest BCUT2D eigenvalue weighted by Gasteiger charge is -2.14. The van der Waals surface area contributed by atoms with E-state index in [1.165, 1.54) is 0 Å². The van der Waals surface area contributed by atoms with Gasteiger partial charge in [-0.25, -0.2) is 0 Å². The van der Waals surface area contributed by atoms with Crippen molar-refractivity contribution in [2.45, 2.75) is 6.61 Å². The minimum Gasteiger partial charge on any atom is -0.491 e. The topological polar surface area (TPSA) is 61.8 Å². The molecule has 0 aromatic heterocycles. The third-order valence-corrected chi connectivity index (χ3v) is 3.30. The lowest BCUT2D eigenvalue weighted by atomic mass is 10.1. The molecule has 0 radical (unpaired) electrons. The van der Waals surface area contributed by atoms with Gasteiger partial charge in [-0.15, -0.1) is 0 Å². The number of hydrogen-bond donors (Lipinski definition) is 2. The summed E-state index contributed by atoms with van der Waals surface area (Å²) in [6.45, 7) is 1.22. The van der Waals surface area contributed by atoms with Gasteiger partial charge in [0.2, 0.25) is 0 Å². The molecule has 122 valence electrons. The van der Waals surface area contributed by atoms with Gasteiger partial charge in [0.05, 0.1) is 12.2 Å². The predicted octanol–water partition coefficient (Wildman–Crippen LogP) is 2.37. The lowest BCUT2D eigenvalue weighted by Crippen LogP contribution is -2.20. The van der Waals surface area contributed by atoms with Gasteiger partial charge in [-0.2, -0.15) is 0 Å². The molecule has 0 saturated heterocycles. The van der Waals surface area contributed by atoms with E-state index in [1.54, 1.807) is 42.5 Å². The van der Waals surface area contributed by atoms with Crippen molar-refractivity contribution in [2.75, 3.05) is 32.6 Å².